The molecule has 5 heteroatoms. The summed E-state index contributed by atoms with van der Waals surface area (Å²) in [5.41, 5.74) is 1.98. The summed E-state index contributed by atoms with van der Waals surface area (Å²) in [6, 6.07) is 7.72. The molecule has 104 valence electrons. The number of rotatable bonds is 1. The first-order valence-electron chi connectivity index (χ1n) is 5.99. The summed E-state index contributed by atoms with van der Waals surface area (Å²) < 4.78 is 0.971. The van der Waals surface area contributed by atoms with Gasteiger partial charge in [0.1, 0.15) is 0 Å². The van der Waals surface area contributed by atoms with E-state index in [1.807, 2.05) is 38.1 Å². The van der Waals surface area contributed by atoms with Gasteiger partial charge in [0.15, 0.2) is 0 Å². The minimum absolute atomic E-state index is 0.418. The van der Waals surface area contributed by atoms with E-state index in [-0.39, 0.29) is 0 Å². The van der Waals surface area contributed by atoms with Gasteiger partial charge in [0.2, 0.25) is 0 Å². The molecule has 0 amide bonds. The van der Waals surface area contributed by atoms with Gasteiger partial charge >= 0.3 is 11.9 Å². The Kier molecular flexibility index (Phi) is 4.09. The predicted octanol–water partition coefficient (Wildman–Crippen LogP) is 3.85. The lowest BCUT2D eigenvalue weighted by Crippen LogP contribution is -2.12. The van der Waals surface area contributed by atoms with Gasteiger partial charge < -0.3 is 0 Å². The number of hydrogen-bond donors (Lipinski definition) is 0. The van der Waals surface area contributed by atoms with Gasteiger partial charge in [-0.3, -0.25) is 0 Å². The van der Waals surface area contributed by atoms with Crippen molar-refractivity contribution in [1.82, 2.24) is 0 Å². The van der Waals surface area contributed by atoms with Crippen molar-refractivity contribution < 1.29 is 19.4 Å². The third kappa shape index (κ3) is 2.82. The van der Waals surface area contributed by atoms with Crippen LogP contribution in [0.1, 0.15) is 28.4 Å². The molecule has 4 nitrogen and oxygen atoms in total. The summed E-state index contributed by atoms with van der Waals surface area (Å²) in [5.74, 6) is -1.33. The van der Waals surface area contributed by atoms with Crippen molar-refractivity contribution in [1.29, 1.82) is 0 Å². The van der Waals surface area contributed by atoms with Gasteiger partial charge in [0.05, 0.1) is 5.56 Å². The number of fused-ring (bicyclic) bond motifs is 1. The number of halogens is 1. The van der Waals surface area contributed by atoms with E-state index in [9.17, 15) is 9.59 Å². The molecule has 0 radical (unpaired) electrons. The Labute approximate surface area is 124 Å². The van der Waals surface area contributed by atoms with Crippen molar-refractivity contribution in [2.45, 2.75) is 20.8 Å². The molecule has 0 aliphatic rings. The van der Waals surface area contributed by atoms with Gasteiger partial charge in [0.25, 0.3) is 0 Å². The van der Waals surface area contributed by atoms with Gasteiger partial charge in [0, 0.05) is 11.4 Å². The molecule has 2 rings (SSSR count). The molecule has 2 aromatic carbocycles. The molecule has 0 saturated carbocycles. The van der Waals surface area contributed by atoms with Gasteiger partial charge in [-0.2, -0.15) is 0 Å². The zero-order valence-corrected chi connectivity index (χ0v) is 12.9. The molecule has 0 aliphatic heterocycles. The molecule has 0 spiro atoms. The highest BCUT2D eigenvalue weighted by molar-refractivity contribution is 9.10. The highest BCUT2D eigenvalue weighted by Gasteiger charge is 2.18. The number of carbonyl (C=O) groups is 2. The maximum atomic E-state index is 12.0. The van der Waals surface area contributed by atoms with Crippen LogP contribution in [0.15, 0.2) is 28.7 Å². The second-order valence-corrected chi connectivity index (χ2v) is 5.42. The Morgan fingerprint density at radius 2 is 1.80 bits per heavy atom. The Morgan fingerprint density at radius 3 is 2.45 bits per heavy atom. The zero-order chi connectivity index (χ0) is 14.9. The summed E-state index contributed by atoms with van der Waals surface area (Å²) in [6.07, 6.45) is 0. The van der Waals surface area contributed by atoms with E-state index >= 15 is 0 Å². The fraction of sp³-hybridized carbons (Fsp3) is 0.200. The van der Waals surface area contributed by atoms with Crippen LogP contribution in [0, 0.1) is 13.8 Å². The summed E-state index contributed by atoms with van der Waals surface area (Å²) in [6.45, 7) is 4.83. The monoisotopic (exact) mass is 336 g/mol. The normalized spacial score (nSPS) is 10.4. The van der Waals surface area contributed by atoms with Crippen molar-refractivity contribution in [3.05, 3.63) is 45.4 Å². The fourth-order valence-electron chi connectivity index (χ4n) is 2.18. The van der Waals surface area contributed by atoms with Crippen LogP contribution in [0.4, 0.5) is 0 Å². The minimum Gasteiger partial charge on any atom is -0.248 e. The fourth-order valence-corrected chi connectivity index (χ4v) is 2.56. The lowest BCUT2D eigenvalue weighted by molar-refractivity contribution is -0.231. The average molecular weight is 337 g/mol. The lowest BCUT2D eigenvalue weighted by atomic mass is 9.96. The van der Waals surface area contributed by atoms with Gasteiger partial charge in [-0.1, -0.05) is 28.1 Å². The van der Waals surface area contributed by atoms with E-state index in [1.165, 1.54) is 6.92 Å². The van der Waals surface area contributed by atoms with E-state index in [4.69, 9.17) is 0 Å². The van der Waals surface area contributed by atoms with Crippen LogP contribution in [0.5, 0.6) is 0 Å². The Morgan fingerprint density at radius 1 is 1.10 bits per heavy atom. The van der Waals surface area contributed by atoms with Crippen LogP contribution in [0.2, 0.25) is 0 Å². The summed E-state index contributed by atoms with van der Waals surface area (Å²) in [4.78, 5) is 31.5. The number of aryl methyl sites for hydroxylation is 2. The molecular formula is C15H13BrO4. The topological polar surface area (TPSA) is 52.6 Å². The van der Waals surface area contributed by atoms with Crippen LogP contribution >= 0.6 is 15.9 Å². The second-order valence-electron chi connectivity index (χ2n) is 4.50. The molecule has 0 heterocycles. The minimum atomic E-state index is -0.668. The highest BCUT2D eigenvalue weighted by atomic mass is 79.9. The van der Waals surface area contributed by atoms with Gasteiger partial charge in [-0.15, -0.1) is 0 Å². The average Bonchev–Trinajstić information content (AvgIpc) is 2.35. The Hall–Kier alpha value is -1.88. The van der Waals surface area contributed by atoms with Crippen molar-refractivity contribution in [2.24, 2.45) is 0 Å². The Bertz CT molecular complexity index is 707. The number of hydrogen-bond acceptors (Lipinski definition) is 4. The van der Waals surface area contributed by atoms with Crippen LogP contribution in [-0.4, -0.2) is 11.9 Å². The van der Waals surface area contributed by atoms with Crippen molar-refractivity contribution in [2.75, 3.05) is 0 Å². The summed E-state index contributed by atoms with van der Waals surface area (Å²) in [7, 11) is 0. The molecule has 0 aromatic heterocycles. The van der Waals surface area contributed by atoms with Crippen molar-refractivity contribution in [3.8, 4) is 0 Å². The molecule has 0 unspecified atom stereocenters. The molecule has 20 heavy (non-hydrogen) atoms. The standard InChI is InChI=1S/C15H13BrO4/c1-8-6-11-7-12(16)4-5-13(11)9(2)14(8)15(18)20-19-10(3)17/h4-7H,1-3H3. The van der Waals surface area contributed by atoms with Crippen molar-refractivity contribution in [3.63, 3.8) is 0 Å². The molecule has 0 aliphatic carbocycles. The van der Waals surface area contributed by atoms with Crippen molar-refractivity contribution >= 4 is 38.6 Å². The number of benzene rings is 2. The quantitative estimate of drug-likeness (QED) is 0.586. The molecule has 0 bridgehead atoms. The first-order chi connectivity index (χ1) is 9.40. The van der Waals surface area contributed by atoms with Gasteiger partial charge in [-0.25, -0.2) is 19.4 Å². The Balaban J connectivity index is 2.51. The predicted molar refractivity (Wildman–Crippen MR) is 78.3 cm³/mol. The van der Waals surface area contributed by atoms with E-state index < -0.39 is 11.9 Å². The maximum absolute atomic E-state index is 12.0. The molecule has 0 fully saturated rings. The third-order valence-corrected chi connectivity index (χ3v) is 3.49. The SMILES string of the molecule is CC(=O)OOC(=O)c1c(C)cc2cc(Br)ccc2c1C. The second kappa shape index (κ2) is 5.63. The molecule has 0 N–H and O–H groups in total. The molecular weight excluding hydrogens is 324 g/mol. The lowest BCUT2D eigenvalue weighted by Gasteiger charge is -2.11. The summed E-state index contributed by atoms with van der Waals surface area (Å²) in [5, 5.41) is 1.98. The van der Waals surface area contributed by atoms with E-state index in [0.717, 1.165) is 26.4 Å². The smallest absolute Gasteiger partial charge is 0.248 e. The zero-order valence-electron chi connectivity index (χ0n) is 11.3. The van der Waals surface area contributed by atoms with Crippen LogP contribution < -0.4 is 0 Å². The van der Waals surface area contributed by atoms with Crippen LogP contribution in [0.3, 0.4) is 0 Å². The third-order valence-electron chi connectivity index (χ3n) is 3.00. The molecule has 0 atom stereocenters. The van der Waals surface area contributed by atoms with E-state index in [2.05, 4.69) is 25.7 Å². The molecule has 0 saturated heterocycles. The van der Waals surface area contributed by atoms with Crippen LogP contribution in [0.25, 0.3) is 10.8 Å². The summed E-state index contributed by atoms with van der Waals surface area (Å²) >= 11 is 3.42. The molecule has 2 aromatic rings. The van der Waals surface area contributed by atoms with E-state index in [1.54, 1.807) is 0 Å². The largest absolute Gasteiger partial charge is 0.386 e. The maximum Gasteiger partial charge on any atom is 0.386 e. The highest BCUT2D eigenvalue weighted by Crippen LogP contribution is 2.28. The van der Waals surface area contributed by atoms with Gasteiger partial charge in [-0.05, 0) is 47.9 Å². The van der Waals surface area contributed by atoms with E-state index in [0.29, 0.717) is 5.56 Å². The first kappa shape index (κ1) is 14.5. The van der Waals surface area contributed by atoms with Crippen LogP contribution in [-0.2, 0) is 14.6 Å². The number of carbonyl (C=O) groups excluding carboxylic acids is 2. The first-order valence-corrected chi connectivity index (χ1v) is 6.78.